The molecule has 0 fully saturated rings. The zero-order valence-corrected chi connectivity index (χ0v) is 14.2. The summed E-state index contributed by atoms with van der Waals surface area (Å²) in [5.74, 6) is -4.45. The third-order valence-corrected chi connectivity index (χ3v) is 3.02. The number of nitrogens with zero attached hydrogens (tertiary/aromatic N) is 3. The van der Waals surface area contributed by atoms with Crippen LogP contribution >= 0.6 is 0 Å². The van der Waals surface area contributed by atoms with E-state index in [0.29, 0.717) is 6.20 Å². The van der Waals surface area contributed by atoms with E-state index in [-0.39, 0.29) is 23.4 Å². The topological polar surface area (TPSA) is 133 Å². The number of rotatable bonds is 6. The third-order valence-electron chi connectivity index (χ3n) is 3.02. The molecule has 12 heteroatoms. The number of aldehydes is 1. The van der Waals surface area contributed by atoms with Crippen molar-refractivity contribution in [1.29, 1.82) is 0 Å². The van der Waals surface area contributed by atoms with Crippen LogP contribution < -0.4 is 10.6 Å². The lowest BCUT2D eigenvalue weighted by molar-refractivity contribution is -0.142. The quantitative estimate of drug-likeness (QED) is 0.426. The van der Waals surface area contributed by atoms with Gasteiger partial charge < -0.3 is 10.5 Å². The Bertz CT molecular complexity index is 792. The van der Waals surface area contributed by atoms with Crippen molar-refractivity contribution in [2.75, 3.05) is 18.1 Å². The molecular weight excluding hydrogens is 373 g/mol. The van der Waals surface area contributed by atoms with Crippen LogP contribution in [0.1, 0.15) is 29.9 Å². The van der Waals surface area contributed by atoms with E-state index in [4.69, 9.17) is 5.73 Å². The van der Waals surface area contributed by atoms with Crippen molar-refractivity contribution in [2.24, 2.45) is 5.73 Å². The number of allylic oxidation sites excluding steroid dienone is 1. The first kappa shape index (κ1) is 21.9. The number of alkyl halides is 3. The first-order valence-corrected chi connectivity index (χ1v) is 7.39. The molecule has 0 saturated heterocycles. The molecule has 1 aromatic heterocycles. The number of hydrogen-bond donors (Lipinski definition) is 1. The van der Waals surface area contributed by atoms with Gasteiger partial charge in [-0.25, -0.2) is 19.7 Å². The molecule has 0 saturated carbocycles. The van der Waals surface area contributed by atoms with Gasteiger partial charge in [-0.1, -0.05) is 0 Å². The van der Waals surface area contributed by atoms with Gasteiger partial charge in [-0.3, -0.25) is 14.4 Å². The number of aromatic nitrogens is 2. The summed E-state index contributed by atoms with van der Waals surface area (Å²) in [6.45, 7) is 1.62. The van der Waals surface area contributed by atoms with Gasteiger partial charge in [-0.15, -0.1) is 0 Å². The van der Waals surface area contributed by atoms with Crippen LogP contribution in [0.3, 0.4) is 0 Å². The van der Waals surface area contributed by atoms with E-state index in [2.05, 4.69) is 14.7 Å². The molecule has 0 aliphatic carbocycles. The first-order chi connectivity index (χ1) is 12.6. The second-order valence-electron chi connectivity index (χ2n) is 4.84. The Hall–Kier alpha value is -3.15. The Labute approximate surface area is 151 Å². The predicted molar refractivity (Wildman–Crippen MR) is 84.4 cm³/mol. The minimum absolute atomic E-state index is 0.188. The third kappa shape index (κ3) is 5.17. The minimum Gasteiger partial charge on any atom is -0.462 e. The lowest BCUT2D eigenvalue weighted by atomic mass is 10.2. The molecule has 2 N–H and O–H groups in total. The largest absolute Gasteiger partial charge is 0.462 e. The summed E-state index contributed by atoms with van der Waals surface area (Å²) in [5.41, 5.74) is 2.29. The van der Waals surface area contributed by atoms with Crippen LogP contribution in [0.2, 0.25) is 0 Å². The van der Waals surface area contributed by atoms with Gasteiger partial charge in [0.1, 0.15) is 11.8 Å². The number of esters is 1. The molecule has 1 rings (SSSR count). The van der Waals surface area contributed by atoms with Gasteiger partial charge in [-0.05, 0) is 13.0 Å². The Morgan fingerprint density at radius 2 is 1.96 bits per heavy atom. The van der Waals surface area contributed by atoms with Crippen molar-refractivity contribution in [1.82, 2.24) is 9.97 Å². The summed E-state index contributed by atoms with van der Waals surface area (Å²) in [6, 6.07) is 0. The number of ether oxygens (including phenoxy) is 1. The van der Waals surface area contributed by atoms with Crippen molar-refractivity contribution in [3.8, 4) is 0 Å². The number of carbonyl (C=O) groups excluding carboxylic acids is 4. The van der Waals surface area contributed by atoms with Crippen LogP contribution in [0.4, 0.5) is 19.1 Å². The molecule has 146 valence electrons. The number of carbonyl (C=O) groups is 4. The van der Waals surface area contributed by atoms with E-state index in [0.717, 1.165) is 13.0 Å². The molecule has 0 aromatic carbocycles. The van der Waals surface area contributed by atoms with Crippen molar-refractivity contribution < 1.29 is 37.1 Å². The summed E-state index contributed by atoms with van der Waals surface area (Å²) in [6.07, 6.45) is -3.61. The average molecular weight is 388 g/mol. The fourth-order valence-corrected chi connectivity index (χ4v) is 1.88. The molecule has 0 bridgehead atoms. The van der Waals surface area contributed by atoms with Gasteiger partial charge in [0.15, 0.2) is 5.69 Å². The first-order valence-electron chi connectivity index (χ1n) is 7.39. The molecule has 0 aliphatic rings. The SMILES string of the molecule is CCOC(=O)c1cnc(N(C(C)=O)C(=O)/C(=C\C=O)CN)nc1C(F)(F)F. The fourth-order valence-electron chi connectivity index (χ4n) is 1.88. The smallest absolute Gasteiger partial charge is 0.434 e. The second kappa shape index (κ2) is 8.98. The second-order valence-corrected chi connectivity index (χ2v) is 4.84. The van der Waals surface area contributed by atoms with Crippen LogP contribution in [0, 0.1) is 0 Å². The maximum Gasteiger partial charge on any atom is 0.434 e. The Kier molecular flexibility index (Phi) is 7.28. The molecule has 1 heterocycles. The number of imide groups is 1. The molecule has 27 heavy (non-hydrogen) atoms. The molecule has 9 nitrogen and oxygen atoms in total. The maximum absolute atomic E-state index is 13.3. The molecule has 1 aromatic rings. The van der Waals surface area contributed by atoms with Crippen LogP contribution in [-0.2, 0) is 25.3 Å². The van der Waals surface area contributed by atoms with Gasteiger partial charge >= 0.3 is 12.1 Å². The minimum atomic E-state index is -5.10. The zero-order chi connectivity index (χ0) is 20.8. The lowest BCUT2D eigenvalue weighted by Gasteiger charge is -2.20. The summed E-state index contributed by atoms with van der Waals surface area (Å²) < 4.78 is 44.3. The van der Waals surface area contributed by atoms with Gasteiger partial charge in [-0.2, -0.15) is 13.2 Å². The average Bonchev–Trinajstić information content (AvgIpc) is 2.58. The van der Waals surface area contributed by atoms with Crippen LogP contribution in [-0.4, -0.2) is 47.2 Å². The molecule has 0 spiro atoms. The molecule has 0 unspecified atom stereocenters. The van der Waals surface area contributed by atoms with E-state index >= 15 is 0 Å². The van der Waals surface area contributed by atoms with Crippen LogP contribution in [0.25, 0.3) is 0 Å². The molecule has 0 radical (unpaired) electrons. The van der Waals surface area contributed by atoms with E-state index in [1.807, 2.05) is 0 Å². The molecule has 0 atom stereocenters. The predicted octanol–water partition coefficient (Wildman–Crippen LogP) is 0.636. The Balaban J connectivity index is 3.56. The highest BCUT2D eigenvalue weighted by molar-refractivity contribution is 6.20. The summed E-state index contributed by atoms with van der Waals surface area (Å²) in [7, 11) is 0. The number of anilines is 1. The fraction of sp³-hybridized carbons (Fsp3) is 0.333. The highest BCUT2D eigenvalue weighted by Gasteiger charge is 2.40. The van der Waals surface area contributed by atoms with Gasteiger partial charge in [0, 0.05) is 25.2 Å². The maximum atomic E-state index is 13.3. The number of nitrogens with two attached hydrogens (primary N) is 1. The summed E-state index contributed by atoms with van der Waals surface area (Å²) in [5, 5.41) is 0. The van der Waals surface area contributed by atoms with Crippen molar-refractivity contribution in [2.45, 2.75) is 20.0 Å². The van der Waals surface area contributed by atoms with Gasteiger partial charge in [0.05, 0.1) is 6.61 Å². The van der Waals surface area contributed by atoms with Crippen molar-refractivity contribution in [3.05, 3.63) is 29.1 Å². The number of hydrogen-bond acceptors (Lipinski definition) is 8. The van der Waals surface area contributed by atoms with Crippen molar-refractivity contribution in [3.63, 3.8) is 0 Å². The van der Waals surface area contributed by atoms with E-state index < -0.39 is 47.7 Å². The van der Waals surface area contributed by atoms with Crippen LogP contribution in [0.5, 0.6) is 0 Å². The van der Waals surface area contributed by atoms with E-state index in [9.17, 15) is 32.3 Å². The van der Waals surface area contributed by atoms with Gasteiger partial charge in [0.25, 0.3) is 5.91 Å². The summed E-state index contributed by atoms with van der Waals surface area (Å²) >= 11 is 0. The Morgan fingerprint density at radius 3 is 2.41 bits per heavy atom. The molecule has 2 amide bonds. The van der Waals surface area contributed by atoms with E-state index in [1.54, 1.807) is 0 Å². The highest BCUT2D eigenvalue weighted by atomic mass is 19.4. The monoisotopic (exact) mass is 388 g/mol. The van der Waals surface area contributed by atoms with Crippen LogP contribution in [0.15, 0.2) is 17.8 Å². The Morgan fingerprint density at radius 1 is 1.33 bits per heavy atom. The molecule has 0 aliphatic heterocycles. The lowest BCUT2D eigenvalue weighted by Crippen LogP contribution is -2.39. The zero-order valence-electron chi connectivity index (χ0n) is 14.2. The van der Waals surface area contributed by atoms with Crippen molar-refractivity contribution >= 4 is 30.0 Å². The molecular formula is C15H15F3N4O5. The summed E-state index contributed by atoms with van der Waals surface area (Å²) in [4.78, 5) is 53.2. The normalized spacial score (nSPS) is 11.7. The number of amides is 2. The van der Waals surface area contributed by atoms with E-state index in [1.165, 1.54) is 6.92 Å². The standard InChI is InChI=1S/C15H15F3N4O5/c1-3-27-13(26)10-7-20-14(21-11(10)15(16,17)18)22(8(2)24)12(25)9(6-19)4-5-23/h4-5,7H,3,6,19H2,1-2H3/b9-4-. The highest BCUT2D eigenvalue weighted by Crippen LogP contribution is 2.32. The van der Waals surface area contributed by atoms with Gasteiger partial charge in [0.2, 0.25) is 11.9 Å². The number of halogens is 3.